The second kappa shape index (κ2) is 15.7. The van der Waals surface area contributed by atoms with Crippen molar-refractivity contribution in [1.29, 1.82) is 0 Å². The maximum absolute atomic E-state index is 4.46. The summed E-state index contributed by atoms with van der Waals surface area (Å²) in [7, 11) is 2.16. The maximum atomic E-state index is 4.46. The molecule has 0 saturated carbocycles. The molecule has 0 bridgehead atoms. The van der Waals surface area contributed by atoms with Gasteiger partial charge in [-0.2, -0.15) is 0 Å². The summed E-state index contributed by atoms with van der Waals surface area (Å²) >= 11 is 7.00. The molecule has 1 nitrogen and oxygen atoms in total. The molecule has 0 aliphatic rings. The Morgan fingerprint density at radius 1 is 1.71 bits per heavy atom. The Bertz CT molecular complexity index is 23.2. The Kier molecular flexibility index (Phi) is 26.0. The molecule has 5 heteroatoms. The Morgan fingerprint density at radius 3 is 1.86 bits per heavy atom. The van der Waals surface area contributed by atoms with Crippen LogP contribution in [0.15, 0.2) is 0 Å². The Hall–Kier alpha value is 1.87. The number of hydrogen-bond acceptors (Lipinski definition) is 1. The van der Waals surface area contributed by atoms with Crippen molar-refractivity contribution in [2.75, 3.05) is 6.61 Å². The van der Waals surface area contributed by atoms with Crippen molar-refractivity contribution < 1.29 is 15.9 Å². The minimum atomic E-state index is 0.782. The molecule has 0 aromatic heterocycles. The van der Waals surface area contributed by atoms with Gasteiger partial charge in [-0.05, 0) is 6.92 Å². The van der Waals surface area contributed by atoms with Crippen LogP contribution in [-0.2, 0) is 15.9 Å². The third-order valence-corrected chi connectivity index (χ3v) is 0.500. The second-order valence-electron chi connectivity index (χ2n) is 0.506. The van der Waals surface area contributed by atoms with Crippen LogP contribution in [0, 0.1) is 0 Å². The molecule has 0 saturated heterocycles. The van der Waals surface area contributed by atoms with Crippen LogP contribution in [0.2, 0.25) is 0 Å². The van der Waals surface area contributed by atoms with Crippen LogP contribution in [0.4, 0.5) is 0 Å². The molecule has 1 unspecified atom stereocenters. The SMILES string of the molecule is CCOP.[Br][Fe][Br]. The average molecular weight is 294 g/mol. The fraction of sp³-hybridized carbons (Fsp3) is 1.00. The molecule has 0 radical (unpaired) electrons. The first-order chi connectivity index (χ1) is 3.33. The molecular weight excluding hydrogens is 287 g/mol. The predicted molar refractivity (Wildman–Crippen MR) is 39.2 cm³/mol. The molecular formula is C2H7Br2FeOP. The molecule has 0 N–H and O–H groups in total. The average Bonchev–Trinajstić information content (AvgIpc) is 1.69. The molecule has 0 aromatic rings. The van der Waals surface area contributed by atoms with Gasteiger partial charge < -0.3 is 4.52 Å². The zero-order chi connectivity index (χ0) is 6.12. The number of hydrogen-bond donors (Lipinski definition) is 0. The van der Waals surface area contributed by atoms with Crippen molar-refractivity contribution in [2.45, 2.75) is 6.92 Å². The summed E-state index contributed by atoms with van der Waals surface area (Å²) in [6.45, 7) is 2.72. The van der Waals surface area contributed by atoms with Crippen molar-refractivity contribution in [1.82, 2.24) is 0 Å². The molecule has 0 amide bonds. The molecule has 48 valence electrons. The molecule has 0 aromatic carbocycles. The molecule has 0 aliphatic carbocycles. The molecule has 0 fully saturated rings. The van der Waals surface area contributed by atoms with Gasteiger partial charge in [-0.1, -0.05) is 0 Å². The van der Waals surface area contributed by atoms with Gasteiger partial charge in [0.05, 0.1) is 0 Å². The normalized spacial score (nSPS) is 7.43. The fourth-order valence-electron chi connectivity index (χ4n) is 0. The van der Waals surface area contributed by atoms with Crippen LogP contribution >= 0.6 is 37.7 Å². The summed E-state index contributed by atoms with van der Waals surface area (Å²) in [6.07, 6.45) is 0. The zero-order valence-corrected chi connectivity index (χ0v) is 9.23. The second-order valence-corrected chi connectivity index (χ2v) is 6.41. The fourth-order valence-corrected chi connectivity index (χ4v) is 0. The van der Waals surface area contributed by atoms with Crippen LogP contribution in [0.25, 0.3) is 0 Å². The van der Waals surface area contributed by atoms with Crippen molar-refractivity contribution in [3.8, 4) is 0 Å². The van der Waals surface area contributed by atoms with E-state index in [1.165, 1.54) is 0 Å². The summed E-state index contributed by atoms with van der Waals surface area (Å²) in [4.78, 5) is 0. The van der Waals surface area contributed by atoms with Gasteiger partial charge in [-0.15, -0.1) is 0 Å². The van der Waals surface area contributed by atoms with Crippen molar-refractivity contribution in [2.24, 2.45) is 0 Å². The third kappa shape index (κ3) is 32.9. The van der Waals surface area contributed by atoms with Crippen LogP contribution < -0.4 is 0 Å². The van der Waals surface area contributed by atoms with Gasteiger partial charge >= 0.3 is 39.6 Å². The molecule has 0 rings (SSSR count). The summed E-state index contributed by atoms with van der Waals surface area (Å²) in [5.74, 6) is 0. The topological polar surface area (TPSA) is 9.23 Å². The minimum absolute atomic E-state index is 0.782. The van der Waals surface area contributed by atoms with Crippen molar-refractivity contribution in [3.05, 3.63) is 0 Å². The van der Waals surface area contributed by atoms with E-state index >= 15 is 0 Å². The van der Waals surface area contributed by atoms with Gasteiger partial charge in [0.2, 0.25) is 0 Å². The molecule has 1 atom stereocenters. The number of rotatable bonds is 1. The van der Waals surface area contributed by atoms with E-state index in [-0.39, 0.29) is 0 Å². The van der Waals surface area contributed by atoms with E-state index in [4.69, 9.17) is 0 Å². The van der Waals surface area contributed by atoms with Gasteiger partial charge in [-0.3, -0.25) is 0 Å². The van der Waals surface area contributed by atoms with E-state index in [2.05, 4.69) is 42.2 Å². The van der Waals surface area contributed by atoms with Crippen molar-refractivity contribution in [3.63, 3.8) is 0 Å². The van der Waals surface area contributed by atoms with E-state index in [0.29, 0.717) is 0 Å². The third-order valence-electron chi connectivity index (χ3n) is 0.167. The molecule has 0 aliphatic heterocycles. The van der Waals surface area contributed by atoms with Gasteiger partial charge in [0.25, 0.3) is 0 Å². The molecule has 7 heavy (non-hydrogen) atoms. The van der Waals surface area contributed by atoms with Crippen LogP contribution in [0.5, 0.6) is 0 Å². The summed E-state index contributed by atoms with van der Waals surface area (Å²) in [5.41, 5.74) is 0. The van der Waals surface area contributed by atoms with Gasteiger partial charge in [0.15, 0.2) is 0 Å². The quantitative estimate of drug-likeness (QED) is 0.533. The van der Waals surface area contributed by atoms with Crippen LogP contribution in [-0.4, -0.2) is 6.61 Å². The number of halogens is 2. The first kappa shape index (κ1) is 11.6. The summed E-state index contributed by atoms with van der Waals surface area (Å²) in [6, 6.07) is 0. The van der Waals surface area contributed by atoms with Gasteiger partial charge in [0.1, 0.15) is 0 Å². The van der Waals surface area contributed by atoms with E-state index in [1.807, 2.05) is 6.92 Å². The standard InChI is InChI=1S/C2H7OP.2BrH.Fe/c1-2-3-4;;;/h2,4H2,1H3;2*1H;/q;;;+2/p-2. The van der Waals surface area contributed by atoms with Crippen LogP contribution in [0.3, 0.4) is 0 Å². The van der Waals surface area contributed by atoms with E-state index in [1.54, 1.807) is 0 Å². The zero-order valence-electron chi connectivity index (χ0n) is 3.80. The van der Waals surface area contributed by atoms with Gasteiger partial charge in [0, 0.05) is 16.1 Å². The van der Waals surface area contributed by atoms with Gasteiger partial charge in [-0.25, -0.2) is 0 Å². The monoisotopic (exact) mass is 292 g/mol. The first-order valence-corrected chi connectivity index (χ1v) is 7.43. The van der Waals surface area contributed by atoms with Crippen molar-refractivity contribution >= 4 is 37.7 Å². The summed E-state index contributed by atoms with van der Waals surface area (Å²) < 4.78 is 4.46. The Labute approximate surface area is 66.8 Å². The van der Waals surface area contributed by atoms with E-state index in [9.17, 15) is 0 Å². The summed E-state index contributed by atoms with van der Waals surface area (Å²) in [5, 5.41) is 0. The molecule has 0 spiro atoms. The van der Waals surface area contributed by atoms with Crippen LogP contribution in [0.1, 0.15) is 6.92 Å². The first-order valence-electron chi connectivity index (χ1n) is 1.50. The Morgan fingerprint density at radius 2 is 1.86 bits per heavy atom. The van der Waals surface area contributed by atoms with E-state index in [0.717, 1.165) is 17.9 Å². The van der Waals surface area contributed by atoms with E-state index < -0.39 is 0 Å². The molecule has 0 heterocycles. The predicted octanol–water partition coefficient (Wildman–Crippen LogP) is 2.50. The Balaban J connectivity index is 0.